The van der Waals surface area contributed by atoms with Gasteiger partial charge >= 0.3 is 0 Å². The standard InChI is InChI=1S/C26H21N3S/c27-22-16-17-30-24(22)23-18-28-25(29-23)26(19-10-4-1-5-11-19,20-12-6-2-7-13-20)21-14-8-3-9-15-21/h1-18H,27H2,(H,28,29). The van der Waals surface area contributed by atoms with Gasteiger partial charge in [0.1, 0.15) is 11.2 Å². The Bertz CT molecular complexity index is 1140. The van der Waals surface area contributed by atoms with Crippen LogP contribution >= 0.6 is 11.3 Å². The molecule has 5 rings (SSSR count). The highest BCUT2D eigenvalue weighted by Crippen LogP contribution is 2.44. The van der Waals surface area contributed by atoms with Crippen LogP contribution in [0.3, 0.4) is 0 Å². The summed E-state index contributed by atoms with van der Waals surface area (Å²) >= 11 is 1.62. The van der Waals surface area contributed by atoms with E-state index < -0.39 is 5.41 Å². The lowest BCUT2D eigenvalue weighted by atomic mass is 9.69. The van der Waals surface area contributed by atoms with Gasteiger partial charge < -0.3 is 10.7 Å². The van der Waals surface area contributed by atoms with Crippen molar-refractivity contribution >= 4 is 17.0 Å². The Morgan fingerprint density at radius 3 is 1.63 bits per heavy atom. The minimum Gasteiger partial charge on any atom is -0.397 e. The number of thiophene rings is 1. The summed E-state index contributed by atoms with van der Waals surface area (Å²) in [6.45, 7) is 0. The van der Waals surface area contributed by atoms with Gasteiger partial charge in [0.05, 0.1) is 22.5 Å². The van der Waals surface area contributed by atoms with Crippen LogP contribution in [-0.2, 0) is 5.41 Å². The first-order valence-electron chi connectivity index (χ1n) is 9.85. The van der Waals surface area contributed by atoms with Gasteiger partial charge in [-0.25, -0.2) is 4.98 Å². The molecule has 0 bridgehead atoms. The summed E-state index contributed by atoms with van der Waals surface area (Å²) in [5.41, 5.74) is 10.8. The third-order valence-corrected chi connectivity index (χ3v) is 6.46. The van der Waals surface area contributed by atoms with Gasteiger partial charge in [-0.3, -0.25) is 0 Å². The van der Waals surface area contributed by atoms with E-state index in [4.69, 9.17) is 10.7 Å². The SMILES string of the molecule is Nc1ccsc1-c1cnc(C(c2ccccc2)(c2ccccc2)c2ccccc2)[nH]1. The van der Waals surface area contributed by atoms with Crippen molar-refractivity contribution < 1.29 is 0 Å². The zero-order chi connectivity index (χ0) is 20.4. The van der Waals surface area contributed by atoms with Crippen molar-refractivity contribution in [2.45, 2.75) is 5.41 Å². The molecule has 146 valence electrons. The summed E-state index contributed by atoms with van der Waals surface area (Å²) in [5.74, 6) is 0.869. The number of hydrogen-bond donors (Lipinski definition) is 2. The molecule has 0 aliphatic rings. The third-order valence-electron chi connectivity index (χ3n) is 5.49. The lowest BCUT2D eigenvalue weighted by molar-refractivity contribution is 0.692. The zero-order valence-corrected chi connectivity index (χ0v) is 17.1. The van der Waals surface area contributed by atoms with Gasteiger partial charge in [0.25, 0.3) is 0 Å². The summed E-state index contributed by atoms with van der Waals surface area (Å²) in [6.07, 6.45) is 1.89. The summed E-state index contributed by atoms with van der Waals surface area (Å²) in [5, 5.41) is 2.00. The Labute approximate surface area is 179 Å². The predicted octanol–water partition coefficient (Wildman–Crippen LogP) is 6.10. The van der Waals surface area contributed by atoms with E-state index in [0.29, 0.717) is 0 Å². The number of hydrogen-bond acceptors (Lipinski definition) is 3. The lowest BCUT2D eigenvalue weighted by Gasteiger charge is -2.34. The molecule has 4 heteroatoms. The number of H-pyrrole nitrogens is 1. The molecule has 3 aromatic carbocycles. The number of benzene rings is 3. The van der Waals surface area contributed by atoms with Crippen molar-refractivity contribution in [3.8, 4) is 10.6 Å². The minimum atomic E-state index is -0.575. The molecule has 0 saturated heterocycles. The average molecular weight is 408 g/mol. The van der Waals surface area contributed by atoms with Crippen LogP contribution < -0.4 is 5.73 Å². The predicted molar refractivity (Wildman–Crippen MR) is 125 cm³/mol. The van der Waals surface area contributed by atoms with Crippen LogP contribution in [0.15, 0.2) is 109 Å². The van der Waals surface area contributed by atoms with E-state index >= 15 is 0 Å². The summed E-state index contributed by atoms with van der Waals surface area (Å²) in [7, 11) is 0. The molecule has 2 aromatic heterocycles. The molecule has 0 aliphatic carbocycles. The normalized spacial score (nSPS) is 11.5. The maximum absolute atomic E-state index is 6.19. The van der Waals surface area contributed by atoms with E-state index in [1.807, 2.05) is 35.8 Å². The van der Waals surface area contributed by atoms with Crippen LogP contribution in [-0.4, -0.2) is 9.97 Å². The second-order valence-corrected chi connectivity index (χ2v) is 8.11. The van der Waals surface area contributed by atoms with Gasteiger partial charge in [-0.1, -0.05) is 91.0 Å². The third kappa shape index (κ3) is 2.93. The van der Waals surface area contributed by atoms with Crippen molar-refractivity contribution in [1.82, 2.24) is 9.97 Å². The fourth-order valence-corrected chi connectivity index (χ4v) is 4.93. The molecule has 0 radical (unpaired) electrons. The number of imidazole rings is 1. The Morgan fingerprint density at radius 1 is 0.700 bits per heavy atom. The van der Waals surface area contributed by atoms with E-state index in [0.717, 1.165) is 38.8 Å². The fraction of sp³-hybridized carbons (Fsp3) is 0.0385. The van der Waals surface area contributed by atoms with E-state index in [1.165, 1.54) is 0 Å². The Balaban J connectivity index is 1.83. The molecule has 5 aromatic rings. The van der Waals surface area contributed by atoms with Crippen LogP contribution in [0.2, 0.25) is 0 Å². The molecule has 0 spiro atoms. The molecule has 0 saturated carbocycles. The number of rotatable bonds is 5. The van der Waals surface area contributed by atoms with Gasteiger partial charge in [0.15, 0.2) is 0 Å². The van der Waals surface area contributed by atoms with Gasteiger partial charge in [-0.2, -0.15) is 0 Å². The van der Waals surface area contributed by atoms with Crippen molar-refractivity contribution in [3.05, 3.63) is 131 Å². The summed E-state index contributed by atoms with van der Waals surface area (Å²) < 4.78 is 0. The van der Waals surface area contributed by atoms with Gasteiger partial charge in [-0.05, 0) is 28.1 Å². The Hall–Kier alpha value is -3.63. The van der Waals surface area contributed by atoms with E-state index in [9.17, 15) is 0 Å². The number of nitrogens with two attached hydrogens (primary N) is 1. The first-order chi connectivity index (χ1) is 14.8. The molecule has 3 N–H and O–H groups in total. The van der Waals surface area contributed by atoms with Crippen LogP contribution in [0, 0.1) is 0 Å². The van der Waals surface area contributed by atoms with E-state index in [-0.39, 0.29) is 0 Å². The van der Waals surface area contributed by atoms with Crippen LogP contribution in [0.5, 0.6) is 0 Å². The maximum atomic E-state index is 6.19. The summed E-state index contributed by atoms with van der Waals surface area (Å²) in [6, 6.07) is 33.6. The Kier molecular flexibility index (Phi) is 4.69. The number of nitrogen functional groups attached to an aromatic ring is 1. The molecule has 0 amide bonds. The molecule has 0 aliphatic heterocycles. The summed E-state index contributed by atoms with van der Waals surface area (Å²) in [4.78, 5) is 9.53. The highest BCUT2D eigenvalue weighted by atomic mass is 32.1. The Morgan fingerprint density at radius 2 is 1.20 bits per heavy atom. The zero-order valence-electron chi connectivity index (χ0n) is 16.3. The maximum Gasteiger partial charge on any atom is 0.126 e. The highest BCUT2D eigenvalue weighted by Gasteiger charge is 2.41. The molecular weight excluding hydrogens is 386 g/mol. The second-order valence-electron chi connectivity index (χ2n) is 7.20. The van der Waals surface area contributed by atoms with Crippen molar-refractivity contribution in [2.24, 2.45) is 0 Å². The monoisotopic (exact) mass is 407 g/mol. The molecule has 0 atom stereocenters. The molecule has 2 heterocycles. The number of nitrogens with one attached hydrogen (secondary N) is 1. The van der Waals surface area contributed by atoms with Crippen LogP contribution in [0.1, 0.15) is 22.5 Å². The van der Waals surface area contributed by atoms with E-state index in [2.05, 4.69) is 77.8 Å². The molecule has 0 unspecified atom stereocenters. The largest absolute Gasteiger partial charge is 0.397 e. The number of aromatic amines is 1. The quantitative estimate of drug-likeness (QED) is 0.346. The molecule has 0 fully saturated rings. The van der Waals surface area contributed by atoms with E-state index in [1.54, 1.807) is 11.3 Å². The van der Waals surface area contributed by atoms with Gasteiger partial charge in [0, 0.05) is 0 Å². The van der Waals surface area contributed by atoms with Crippen molar-refractivity contribution in [3.63, 3.8) is 0 Å². The highest BCUT2D eigenvalue weighted by molar-refractivity contribution is 7.14. The second kappa shape index (κ2) is 7.65. The van der Waals surface area contributed by atoms with Crippen molar-refractivity contribution in [2.75, 3.05) is 5.73 Å². The topological polar surface area (TPSA) is 54.7 Å². The van der Waals surface area contributed by atoms with Crippen LogP contribution in [0.25, 0.3) is 10.6 Å². The van der Waals surface area contributed by atoms with Gasteiger partial charge in [0.2, 0.25) is 0 Å². The van der Waals surface area contributed by atoms with Crippen LogP contribution in [0.4, 0.5) is 5.69 Å². The smallest absolute Gasteiger partial charge is 0.126 e. The van der Waals surface area contributed by atoms with Crippen molar-refractivity contribution in [1.29, 1.82) is 0 Å². The van der Waals surface area contributed by atoms with Gasteiger partial charge in [-0.15, -0.1) is 11.3 Å². The first kappa shape index (κ1) is 18.4. The first-order valence-corrected chi connectivity index (χ1v) is 10.7. The average Bonchev–Trinajstić information content (AvgIpc) is 3.46. The fourth-order valence-electron chi connectivity index (χ4n) is 4.14. The minimum absolute atomic E-state index is 0.575. The molecule has 3 nitrogen and oxygen atoms in total. The molecule has 30 heavy (non-hydrogen) atoms. The number of aromatic nitrogens is 2. The number of anilines is 1. The number of nitrogens with zero attached hydrogens (tertiary/aromatic N) is 1. The lowest BCUT2D eigenvalue weighted by Crippen LogP contribution is -2.32. The molecular formula is C26H21N3S.